The van der Waals surface area contributed by atoms with Gasteiger partial charge in [-0.2, -0.15) is 0 Å². The van der Waals surface area contributed by atoms with Crippen molar-refractivity contribution in [1.82, 2.24) is 4.98 Å². The highest BCUT2D eigenvalue weighted by Gasteiger charge is 2.02. The number of para-hydroxylation sites is 1. The monoisotopic (exact) mass is 239 g/mol. The number of halogens is 1. The van der Waals surface area contributed by atoms with E-state index in [4.69, 9.17) is 16.3 Å². The number of aromatic nitrogens is 1. The molecule has 0 unspecified atom stereocenters. The molecule has 78 valence electrons. The highest BCUT2D eigenvalue weighted by Crippen LogP contribution is 2.24. The van der Waals surface area contributed by atoms with Crippen molar-refractivity contribution in [3.63, 3.8) is 0 Å². The molecule has 2 rings (SSSR count). The Morgan fingerprint density at radius 2 is 2.20 bits per heavy atom. The Morgan fingerprint density at radius 3 is 2.87 bits per heavy atom. The zero-order chi connectivity index (χ0) is 10.7. The van der Waals surface area contributed by atoms with E-state index in [2.05, 4.69) is 4.98 Å². The third kappa shape index (κ3) is 2.70. The molecule has 0 atom stereocenters. The van der Waals surface area contributed by atoms with Crippen LogP contribution in [0.15, 0.2) is 30.5 Å². The highest BCUT2D eigenvalue weighted by atomic mass is 35.5. The van der Waals surface area contributed by atoms with E-state index in [1.165, 1.54) is 0 Å². The van der Waals surface area contributed by atoms with E-state index in [0.29, 0.717) is 17.4 Å². The molecule has 0 aliphatic rings. The first-order chi connectivity index (χ1) is 7.25. The lowest BCUT2D eigenvalue weighted by Gasteiger charge is -2.05. The quantitative estimate of drug-likeness (QED) is 0.815. The number of ether oxygens (including phenoxy) is 1. The van der Waals surface area contributed by atoms with Crippen molar-refractivity contribution in [2.45, 2.75) is 13.5 Å². The first kappa shape index (κ1) is 10.5. The fourth-order valence-corrected chi connectivity index (χ4v) is 2.08. The fraction of sp³-hybridized carbons (Fsp3) is 0.182. The standard InChI is InChI=1S/C11H10ClNOS/c1-8-13-6-9(15-8)7-14-11-5-3-2-4-10(11)12/h2-6H,7H2,1H3. The minimum atomic E-state index is 0.523. The van der Waals surface area contributed by atoms with Gasteiger partial charge in [-0.05, 0) is 19.1 Å². The van der Waals surface area contributed by atoms with Crippen LogP contribution in [-0.4, -0.2) is 4.98 Å². The topological polar surface area (TPSA) is 22.1 Å². The van der Waals surface area contributed by atoms with Gasteiger partial charge in [-0.3, -0.25) is 0 Å². The van der Waals surface area contributed by atoms with Crippen LogP contribution in [0.5, 0.6) is 5.75 Å². The molecule has 0 aliphatic carbocycles. The van der Waals surface area contributed by atoms with Crippen LogP contribution in [0.3, 0.4) is 0 Å². The van der Waals surface area contributed by atoms with Crippen LogP contribution in [0.2, 0.25) is 5.02 Å². The number of hydrogen-bond acceptors (Lipinski definition) is 3. The maximum Gasteiger partial charge on any atom is 0.138 e. The van der Waals surface area contributed by atoms with E-state index >= 15 is 0 Å². The summed E-state index contributed by atoms with van der Waals surface area (Å²) in [7, 11) is 0. The zero-order valence-electron chi connectivity index (χ0n) is 8.24. The van der Waals surface area contributed by atoms with Crippen LogP contribution in [0.25, 0.3) is 0 Å². The van der Waals surface area contributed by atoms with Crippen molar-refractivity contribution in [3.05, 3.63) is 45.4 Å². The number of thiazole rings is 1. The van der Waals surface area contributed by atoms with E-state index in [1.54, 1.807) is 11.3 Å². The lowest BCUT2D eigenvalue weighted by Crippen LogP contribution is -1.92. The first-order valence-corrected chi connectivity index (χ1v) is 5.74. The number of hydrogen-bond donors (Lipinski definition) is 0. The lowest BCUT2D eigenvalue weighted by molar-refractivity contribution is 0.310. The summed E-state index contributed by atoms with van der Waals surface area (Å²) in [5, 5.41) is 1.69. The molecule has 2 nitrogen and oxygen atoms in total. The van der Waals surface area contributed by atoms with Crippen molar-refractivity contribution in [3.8, 4) is 5.75 Å². The van der Waals surface area contributed by atoms with Gasteiger partial charge in [-0.1, -0.05) is 23.7 Å². The molecule has 0 saturated heterocycles. The summed E-state index contributed by atoms with van der Waals surface area (Å²) >= 11 is 7.59. The van der Waals surface area contributed by atoms with Crippen molar-refractivity contribution in [2.75, 3.05) is 0 Å². The molecule has 0 amide bonds. The molecular formula is C11H10ClNOS. The van der Waals surface area contributed by atoms with Gasteiger partial charge < -0.3 is 4.74 Å². The third-order valence-corrected chi connectivity index (χ3v) is 3.07. The number of nitrogens with zero attached hydrogens (tertiary/aromatic N) is 1. The van der Waals surface area contributed by atoms with Gasteiger partial charge in [-0.15, -0.1) is 11.3 Å². The Hall–Kier alpha value is -1.06. The number of aryl methyl sites for hydroxylation is 1. The van der Waals surface area contributed by atoms with Gasteiger partial charge in [0.15, 0.2) is 0 Å². The molecule has 2 aromatic rings. The zero-order valence-corrected chi connectivity index (χ0v) is 9.81. The number of rotatable bonds is 3. The van der Waals surface area contributed by atoms with Gasteiger partial charge in [0.2, 0.25) is 0 Å². The Morgan fingerprint density at radius 1 is 1.40 bits per heavy atom. The van der Waals surface area contributed by atoms with E-state index in [1.807, 2.05) is 37.4 Å². The second-order valence-corrected chi connectivity index (χ2v) is 4.79. The average molecular weight is 240 g/mol. The molecule has 0 N–H and O–H groups in total. The average Bonchev–Trinajstić information content (AvgIpc) is 2.63. The summed E-state index contributed by atoms with van der Waals surface area (Å²) in [5.74, 6) is 0.713. The predicted octanol–water partition coefficient (Wildman–Crippen LogP) is 3.68. The Kier molecular flexibility index (Phi) is 3.23. The normalized spacial score (nSPS) is 10.3. The van der Waals surface area contributed by atoms with Crippen LogP contribution < -0.4 is 4.74 Å². The summed E-state index contributed by atoms with van der Waals surface area (Å²) in [6, 6.07) is 7.45. The van der Waals surface area contributed by atoms with Gasteiger partial charge >= 0.3 is 0 Å². The molecule has 0 radical (unpaired) electrons. The predicted molar refractivity (Wildman–Crippen MR) is 62.6 cm³/mol. The van der Waals surface area contributed by atoms with Crippen LogP contribution in [0.4, 0.5) is 0 Å². The number of benzene rings is 1. The van der Waals surface area contributed by atoms with Crippen molar-refractivity contribution in [1.29, 1.82) is 0 Å². The summed E-state index contributed by atoms with van der Waals surface area (Å²) < 4.78 is 5.57. The molecule has 0 fully saturated rings. The summed E-state index contributed by atoms with van der Waals surface area (Å²) in [5.41, 5.74) is 0. The van der Waals surface area contributed by atoms with Crippen LogP contribution in [0.1, 0.15) is 9.88 Å². The van der Waals surface area contributed by atoms with Crippen LogP contribution in [-0.2, 0) is 6.61 Å². The molecular weight excluding hydrogens is 230 g/mol. The van der Waals surface area contributed by atoms with Crippen LogP contribution in [0, 0.1) is 6.92 Å². The van der Waals surface area contributed by atoms with E-state index in [9.17, 15) is 0 Å². The maximum atomic E-state index is 5.96. The van der Waals surface area contributed by atoms with E-state index < -0.39 is 0 Å². The molecule has 0 saturated carbocycles. The Bertz CT molecular complexity index is 455. The first-order valence-electron chi connectivity index (χ1n) is 4.54. The summed E-state index contributed by atoms with van der Waals surface area (Å²) in [4.78, 5) is 5.26. The van der Waals surface area contributed by atoms with Crippen molar-refractivity contribution in [2.24, 2.45) is 0 Å². The second-order valence-electron chi connectivity index (χ2n) is 3.06. The smallest absolute Gasteiger partial charge is 0.138 e. The Labute approximate surface area is 97.5 Å². The SMILES string of the molecule is Cc1ncc(COc2ccccc2Cl)s1. The van der Waals surface area contributed by atoms with Gasteiger partial charge in [0.1, 0.15) is 12.4 Å². The molecule has 0 spiro atoms. The van der Waals surface area contributed by atoms with Gasteiger partial charge in [0.05, 0.1) is 14.9 Å². The largest absolute Gasteiger partial charge is 0.486 e. The van der Waals surface area contributed by atoms with Crippen molar-refractivity contribution < 1.29 is 4.74 Å². The molecule has 15 heavy (non-hydrogen) atoms. The highest BCUT2D eigenvalue weighted by molar-refractivity contribution is 7.11. The Balaban J connectivity index is 2.02. The van der Waals surface area contributed by atoms with Crippen molar-refractivity contribution >= 4 is 22.9 Å². The molecule has 1 heterocycles. The molecule has 4 heteroatoms. The van der Waals surface area contributed by atoms with E-state index in [-0.39, 0.29) is 0 Å². The second kappa shape index (κ2) is 4.64. The molecule has 0 bridgehead atoms. The van der Waals surface area contributed by atoms with Gasteiger partial charge in [-0.25, -0.2) is 4.98 Å². The summed E-state index contributed by atoms with van der Waals surface area (Å²) in [6.45, 7) is 2.50. The van der Waals surface area contributed by atoms with Gasteiger partial charge in [0.25, 0.3) is 0 Å². The van der Waals surface area contributed by atoms with E-state index in [0.717, 1.165) is 9.88 Å². The maximum absolute atomic E-state index is 5.96. The lowest BCUT2D eigenvalue weighted by atomic mass is 10.3. The minimum absolute atomic E-state index is 0.523. The minimum Gasteiger partial charge on any atom is -0.486 e. The molecule has 1 aromatic heterocycles. The molecule has 1 aromatic carbocycles. The van der Waals surface area contributed by atoms with Crippen LogP contribution >= 0.6 is 22.9 Å². The van der Waals surface area contributed by atoms with Gasteiger partial charge in [0, 0.05) is 6.20 Å². The fourth-order valence-electron chi connectivity index (χ4n) is 1.18. The third-order valence-electron chi connectivity index (χ3n) is 1.88. The summed E-state index contributed by atoms with van der Waals surface area (Å²) in [6.07, 6.45) is 1.83. The molecule has 0 aliphatic heterocycles.